The van der Waals surface area contributed by atoms with Crippen molar-refractivity contribution in [3.63, 3.8) is 0 Å². The van der Waals surface area contributed by atoms with Gasteiger partial charge in [-0.2, -0.15) is 0 Å². The number of methoxy groups -OCH3 is 1. The lowest BCUT2D eigenvalue weighted by Gasteiger charge is -2.03. The highest BCUT2D eigenvalue weighted by Gasteiger charge is 2.16. The average Bonchev–Trinajstić information content (AvgIpc) is 3.01. The number of nitrogens with one attached hydrogen (secondary N) is 2. The molecule has 0 atom stereocenters. The Bertz CT molecular complexity index is 788. The van der Waals surface area contributed by atoms with Crippen LogP contribution >= 0.6 is 41.7 Å². The van der Waals surface area contributed by atoms with Crippen molar-refractivity contribution in [2.75, 3.05) is 23.6 Å². The number of benzene rings is 2. The summed E-state index contributed by atoms with van der Waals surface area (Å²) in [6.07, 6.45) is 0.379. The molecule has 0 bridgehead atoms. The number of ether oxygens (including phenoxy) is 1. The molecule has 1 heterocycles. The second-order valence-corrected chi connectivity index (χ2v) is 11.9. The van der Waals surface area contributed by atoms with Crippen LogP contribution in [0.2, 0.25) is 0 Å². The van der Waals surface area contributed by atoms with Gasteiger partial charge in [0.05, 0.1) is 13.5 Å². The van der Waals surface area contributed by atoms with Crippen LogP contribution in [0.15, 0.2) is 42.5 Å². The van der Waals surface area contributed by atoms with Crippen molar-refractivity contribution in [2.24, 2.45) is 0 Å². The van der Waals surface area contributed by atoms with E-state index in [-0.39, 0.29) is 23.4 Å². The Morgan fingerprint density at radius 3 is 2.36 bits per heavy atom. The second kappa shape index (κ2) is 13.0. The lowest BCUT2D eigenvalue weighted by atomic mass is 10.1. The Labute approximate surface area is 184 Å². The summed E-state index contributed by atoms with van der Waals surface area (Å²) in [6.45, 7) is 0. The molecule has 0 unspecified atom stereocenters. The van der Waals surface area contributed by atoms with Crippen LogP contribution in [-0.4, -0.2) is 41.3 Å². The van der Waals surface area contributed by atoms with Crippen LogP contribution in [0.3, 0.4) is 0 Å². The molecular formula is C17H17AlCl4N2O4. The standard InChI is InChI=1S/C9H10ClNO2.C8H7NO2.Al.3ClH/c1-13-8-4-2-7(3-5-8)11-9(12)6-10;10-6-1-2-7-5(3-6)4-8(11)9-7;;;;/h2-5H,6H2,1H3,(H,11,12);1-3,10H,4H2,(H,9,11);;3*1H/q;;+3;;;/p-3. The smallest absolute Gasteiger partial charge is 0.508 e. The highest BCUT2D eigenvalue weighted by atomic mass is 35.8. The molecule has 0 spiro atoms. The van der Waals surface area contributed by atoms with Gasteiger partial charge in [0.2, 0.25) is 11.8 Å². The number of aromatic hydroxyl groups is 1. The highest BCUT2D eigenvalue weighted by Crippen LogP contribution is 2.26. The Kier molecular flexibility index (Phi) is 11.5. The van der Waals surface area contributed by atoms with Gasteiger partial charge in [0, 0.05) is 11.4 Å². The Morgan fingerprint density at radius 2 is 1.82 bits per heavy atom. The van der Waals surface area contributed by atoms with E-state index in [1.54, 1.807) is 49.6 Å². The van der Waals surface area contributed by atoms with E-state index in [2.05, 4.69) is 10.6 Å². The zero-order chi connectivity index (χ0) is 21.1. The lowest BCUT2D eigenvalue weighted by molar-refractivity contribution is -0.115. The number of rotatable bonds is 3. The minimum absolute atomic E-state index is 0.00870. The number of fused-ring (bicyclic) bond motifs is 1. The lowest BCUT2D eigenvalue weighted by Crippen LogP contribution is -2.12. The molecule has 0 saturated carbocycles. The first-order chi connectivity index (χ1) is 13.2. The van der Waals surface area contributed by atoms with E-state index in [1.807, 2.05) is 0 Å². The van der Waals surface area contributed by atoms with Gasteiger partial charge < -0.3 is 20.5 Å². The van der Waals surface area contributed by atoms with Gasteiger partial charge in [-0.3, -0.25) is 9.59 Å². The minimum atomic E-state index is -1.72. The van der Waals surface area contributed by atoms with Crippen LogP contribution in [0, 0.1) is 0 Å². The fourth-order valence-electron chi connectivity index (χ4n) is 2.08. The van der Waals surface area contributed by atoms with E-state index >= 15 is 0 Å². The summed E-state index contributed by atoms with van der Waals surface area (Å²) in [7, 11) is 16.4. The van der Waals surface area contributed by atoms with Crippen LogP contribution in [0.1, 0.15) is 5.56 Å². The van der Waals surface area contributed by atoms with Crippen LogP contribution in [0.4, 0.5) is 11.4 Å². The zero-order valence-electron chi connectivity index (χ0n) is 14.7. The Hall–Kier alpha value is -1.33. The highest BCUT2D eigenvalue weighted by molar-refractivity contribution is 7.54. The van der Waals surface area contributed by atoms with Crippen LogP contribution in [-0.2, 0) is 16.0 Å². The van der Waals surface area contributed by atoms with Crippen LogP contribution in [0.25, 0.3) is 0 Å². The molecule has 3 N–H and O–H groups in total. The molecule has 150 valence electrons. The summed E-state index contributed by atoms with van der Waals surface area (Å²) in [4.78, 5) is 21.7. The van der Waals surface area contributed by atoms with Crippen LogP contribution < -0.4 is 15.4 Å². The molecule has 2 amide bonds. The van der Waals surface area contributed by atoms with Gasteiger partial charge in [0.1, 0.15) is 17.4 Å². The van der Waals surface area contributed by atoms with Crippen molar-refractivity contribution in [3.05, 3.63) is 48.0 Å². The monoisotopic (exact) mass is 480 g/mol. The molecule has 28 heavy (non-hydrogen) atoms. The summed E-state index contributed by atoms with van der Waals surface area (Å²) >= 11 is 3.60. The topological polar surface area (TPSA) is 87.7 Å². The molecule has 0 saturated heterocycles. The van der Waals surface area contributed by atoms with E-state index in [1.165, 1.54) is 0 Å². The molecule has 0 aliphatic carbocycles. The third-order valence-corrected chi connectivity index (χ3v) is 3.45. The van der Waals surface area contributed by atoms with Crippen molar-refractivity contribution in [2.45, 2.75) is 6.42 Å². The van der Waals surface area contributed by atoms with E-state index in [0.717, 1.165) is 17.0 Å². The quantitative estimate of drug-likeness (QED) is 0.343. The van der Waals surface area contributed by atoms with Gasteiger partial charge in [0.25, 0.3) is 0 Å². The first-order valence-corrected chi connectivity index (χ1v) is 13.6. The summed E-state index contributed by atoms with van der Waals surface area (Å²) in [5.74, 6) is 0.702. The fraction of sp³-hybridized carbons (Fsp3) is 0.176. The fourth-order valence-corrected chi connectivity index (χ4v) is 2.15. The number of phenols is 1. The largest absolute Gasteiger partial charge is 0.643 e. The van der Waals surface area contributed by atoms with E-state index < -0.39 is 11.4 Å². The van der Waals surface area contributed by atoms with Crippen molar-refractivity contribution in [1.82, 2.24) is 0 Å². The third-order valence-electron chi connectivity index (χ3n) is 3.21. The number of anilines is 2. The number of hydrogen-bond donors (Lipinski definition) is 3. The van der Waals surface area contributed by atoms with Gasteiger partial charge >= 0.3 is 11.4 Å². The van der Waals surface area contributed by atoms with Gasteiger partial charge in [-0.25, -0.2) is 30.1 Å². The molecule has 0 aromatic heterocycles. The second-order valence-electron chi connectivity index (χ2n) is 5.22. The predicted molar refractivity (Wildman–Crippen MR) is 116 cm³/mol. The number of alkyl halides is 1. The van der Waals surface area contributed by atoms with Gasteiger partial charge in [-0.05, 0) is 48.0 Å². The molecule has 11 heteroatoms. The van der Waals surface area contributed by atoms with Crippen LogP contribution in [0.5, 0.6) is 11.5 Å². The predicted octanol–water partition coefficient (Wildman–Crippen LogP) is 4.45. The molecule has 3 rings (SSSR count). The maximum absolute atomic E-state index is 10.9. The van der Waals surface area contributed by atoms with E-state index in [0.29, 0.717) is 12.1 Å². The molecule has 0 radical (unpaired) electrons. The number of phenolic OH excluding ortho intramolecular Hbond substituents is 1. The third kappa shape index (κ3) is 9.74. The number of carbonyl (C=O) groups is 2. The van der Waals surface area contributed by atoms with Crippen molar-refractivity contribution >= 4 is 76.3 Å². The Balaban J connectivity index is 0.000000238. The number of halogens is 4. The molecule has 1 aliphatic heterocycles. The Morgan fingerprint density at radius 1 is 1.21 bits per heavy atom. The molecule has 0 fully saturated rings. The normalized spacial score (nSPS) is 11.0. The van der Waals surface area contributed by atoms with Gasteiger partial charge in [-0.1, -0.05) is 0 Å². The first kappa shape index (κ1) is 24.7. The van der Waals surface area contributed by atoms with E-state index in [4.69, 9.17) is 51.6 Å². The summed E-state index contributed by atoms with van der Waals surface area (Å²) in [5, 5.41) is 14.3. The maximum atomic E-state index is 10.9. The zero-order valence-corrected chi connectivity index (χ0v) is 18.9. The van der Waals surface area contributed by atoms with Crippen molar-refractivity contribution in [1.29, 1.82) is 0 Å². The van der Waals surface area contributed by atoms with Gasteiger partial charge in [0.15, 0.2) is 0 Å². The SMILES string of the molecule is COc1ccc(NC(=O)CCl)cc1.O=C1Cc2cc(O)ccc2N1.[Cl][Al]([Cl])[Cl]. The molecular weight excluding hydrogens is 465 g/mol. The first-order valence-electron chi connectivity index (χ1n) is 7.79. The molecule has 6 nitrogen and oxygen atoms in total. The molecule has 2 aromatic rings. The average molecular weight is 482 g/mol. The van der Waals surface area contributed by atoms with E-state index in [9.17, 15) is 9.59 Å². The summed E-state index contributed by atoms with van der Waals surface area (Å²) < 4.78 is 4.96. The number of amides is 2. The maximum Gasteiger partial charge on any atom is 0.643 e. The van der Waals surface area contributed by atoms with Gasteiger partial charge in [-0.15, -0.1) is 11.6 Å². The molecule has 1 aliphatic rings. The minimum Gasteiger partial charge on any atom is -0.508 e. The summed E-state index contributed by atoms with van der Waals surface area (Å²) in [5.41, 5.74) is 2.40. The van der Waals surface area contributed by atoms with Crippen molar-refractivity contribution in [3.8, 4) is 11.5 Å². The van der Waals surface area contributed by atoms with Crippen molar-refractivity contribution < 1.29 is 19.4 Å². The molecule has 2 aromatic carbocycles. The summed E-state index contributed by atoms with van der Waals surface area (Å²) in [6, 6.07) is 11.9. The number of hydrogen-bond acceptors (Lipinski definition) is 4. The number of carbonyl (C=O) groups excluding carboxylic acids is 2.